The average Bonchev–Trinajstić information content (AvgIpc) is 2.91. The van der Waals surface area contributed by atoms with E-state index in [0.29, 0.717) is 26.1 Å². The van der Waals surface area contributed by atoms with E-state index in [9.17, 15) is 9.59 Å². The number of carbonyl (C=O) groups excluding carboxylic acids is 2. The molecule has 1 heterocycles. The SMILES string of the molecule is COC(=O)C1(C(=O)C2CCCC2)CCOCC1. The number of rotatable bonds is 3. The van der Waals surface area contributed by atoms with Gasteiger partial charge in [0.05, 0.1) is 7.11 Å². The van der Waals surface area contributed by atoms with Crippen LogP contribution in [-0.4, -0.2) is 32.1 Å². The fraction of sp³-hybridized carbons (Fsp3) is 0.846. The third kappa shape index (κ3) is 2.23. The molecular weight excluding hydrogens is 220 g/mol. The first-order chi connectivity index (χ1) is 8.20. The van der Waals surface area contributed by atoms with Gasteiger partial charge < -0.3 is 9.47 Å². The van der Waals surface area contributed by atoms with Gasteiger partial charge in [0.1, 0.15) is 5.41 Å². The van der Waals surface area contributed by atoms with Crippen LogP contribution in [0, 0.1) is 11.3 Å². The molecular formula is C13H20O4. The maximum absolute atomic E-state index is 12.6. The summed E-state index contributed by atoms with van der Waals surface area (Å²) in [5.74, 6) is -0.199. The van der Waals surface area contributed by atoms with Crippen LogP contribution in [0.25, 0.3) is 0 Å². The van der Waals surface area contributed by atoms with Crippen molar-refractivity contribution >= 4 is 11.8 Å². The van der Waals surface area contributed by atoms with Crippen molar-refractivity contribution in [1.29, 1.82) is 0 Å². The Bertz CT molecular complexity index is 299. The number of hydrogen-bond acceptors (Lipinski definition) is 4. The number of Topliss-reactive ketones (excluding diaryl/α,β-unsaturated/α-hetero) is 1. The minimum Gasteiger partial charge on any atom is -0.468 e. The zero-order valence-corrected chi connectivity index (χ0v) is 10.4. The lowest BCUT2D eigenvalue weighted by atomic mass is 9.72. The van der Waals surface area contributed by atoms with Gasteiger partial charge in [0.25, 0.3) is 0 Å². The lowest BCUT2D eigenvalue weighted by Gasteiger charge is -2.34. The molecule has 1 aliphatic carbocycles. The standard InChI is InChI=1S/C13H20O4/c1-16-12(15)13(6-8-17-9-7-13)11(14)10-4-2-3-5-10/h10H,2-9H2,1H3. The monoisotopic (exact) mass is 240 g/mol. The van der Waals surface area contributed by atoms with Crippen molar-refractivity contribution < 1.29 is 19.1 Å². The largest absolute Gasteiger partial charge is 0.468 e. The Hall–Kier alpha value is -0.900. The van der Waals surface area contributed by atoms with Crippen LogP contribution in [0.1, 0.15) is 38.5 Å². The summed E-state index contributed by atoms with van der Waals surface area (Å²) in [4.78, 5) is 24.6. The summed E-state index contributed by atoms with van der Waals surface area (Å²) in [6.07, 6.45) is 5.02. The molecule has 1 saturated carbocycles. The number of hydrogen-bond donors (Lipinski definition) is 0. The average molecular weight is 240 g/mol. The van der Waals surface area contributed by atoms with Crippen molar-refractivity contribution in [1.82, 2.24) is 0 Å². The highest BCUT2D eigenvalue weighted by Gasteiger charge is 2.50. The highest BCUT2D eigenvalue weighted by Crippen LogP contribution is 2.39. The highest BCUT2D eigenvalue weighted by atomic mass is 16.5. The third-order valence-electron chi connectivity index (χ3n) is 4.12. The Morgan fingerprint density at radius 3 is 2.29 bits per heavy atom. The molecule has 1 aliphatic heterocycles. The number of methoxy groups -OCH3 is 1. The van der Waals surface area contributed by atoms with E-state index in [1.165, 1.54) is 7.11 Å². The van der Waals surface area contributed by atoms with Crippen LogP contribution in [0.3, 0.4) is 0 Å². The van der Waals surface area contributed by atoms with Gasteiger partial charge in [-0.05, 0) is 25.7 Å². The van der Waals surface area contributed by atoms with Gasteiger partial charge in [-0.15, -0.1) is 0 Å². The molecule has 0 atom stereocenters. The smallest absolute Gasteiger partial charge is 0.319 e. The second-order valence-corrected chi connectivity index (χ2v) is 5.03. The first-order valence-electron chi connectivity index (χ1n) is 6.41. The van der Waals surface area contributed by atoms with Gasteiger partial charge in [0.2, 0.25) is 0 Å². The molecule has 4 heteroatoms. The highest BCUT2D eigenvalue weighted by molar-refractivity contribution is 6.05. The molecule has 0 amide bonds. The quantitative estimate of drug-likeness (QED) is 0.556. The van der Waals surface area contributed by atoms with Gasteiger partial charge in [-0.25, -0.2) is 0 Å². The molecule has 2 aliphatic rings. The van der Waals surface area contributed by atoms with Gasteiger partial charge in [0, 0.05) is 19.1 Å². The second-order valence-electron chi connectivity index (χ2n) is 5.03. The van der Waals surface area contributed by atoms with Gasteiger partial charge in [-0.2, -0.15) is 0 Å². The summed E-state index contributed by atoms with van der Waals surface area (Å²) in [5.41, 5.74) is -0.915. The van der Waals surface area contributed by atoms with Gasteiger partial charge in [0.15, 0.2) is 5.78 Å². The third-order valence-corrected chi connectivity index (χ3v) is 4.12. The summed E-state index contributed by atoms with van der Waals surface area (Å²) in [7, 11) is 1.36. The normalized spacial score (nSPS) is 24.5. The Kier molecular flexibility index (Phi) is 3.82. The Morgan fingerprint density at radius 1 is 1.18 bits per heavy atom. The van der Waals surface area contributed by atoms with Crippen LogP contribution in [0.15, 0.2) is 0 Å². The number of ketones is 1. The fourth-order valence-corrected chi connectivity index (χ4v) is 3.05. The van der Waals surface area contributed by atoms with Crippen LogP contribution in [0.5, 0.6) is 0 Å². The number of ether oxygens (including phenoxy) is 2. The van der Waals surface area contributed by atoms with E-state index in [1.807, 2.05) is 0 Å². The van der Waals surface area contributed by atoms with Crippen LogP contribution in [-0.2, 0) is 19.1 Å². The lowest BCUT2D eigenvalue weighted by molar-refractivity contribution is -0.166. The minimum absolute atomic E-state index is 0.0622. The topological polar surface area (TPSA) is 52.6 Å². The van der Waals surface area contributed by atoms with E-state index in [4.69, 9.17) is 9.47 Å². The zero-order valence-electron chi connectivity index (χ0n) is 10.4. The fourth-order valence-electron chi connectivity index (χ4n) is 3.05. The van der Waals surface area contributed by atoms with E-state index >= 15 is 0 Å². The molecule has 0 radical (unpaired) electrons. The molecule has 17 heavy (non-hydrogen) atoms. The van der Waals surface area contributed by atoms with E-state index in [2.05, 4.69) is 0 Å². The maximum Gasteiger partial charge on any atom is 0.319 e. The van der Waals surface area contributed by atoms with E-state index in [1.54, 1.807) is 0 Å². The molecule has 2 fully saturated rings. The molecule has 0 N–H and O–H groups in total. The van der Waals surface area contributed by atoms with Crippen molar-refractivity contribution in [3.8, 4) is 0 Å². The Morgan fingerprint density at radius 2 is 1.76 bits per heavy atom. The first kappa shape index (κ1) is 12.6. The van der Waals surface area contributed by atoms with Crippen LogP contribution in [0.4, 0.5) is 0 Å². The summed E-state index contributed by atoms with van der Waals surface area (Å²) in [5, 5.41) is 0. The second kappa shape index (κ2) is 5.17. The van der Waals surface area contributed by atoms with Crippen LogP contribution in [0.2, 0.25) is 0 Å². The van der Waals surface area contributed by atoms with Gasteiger partial charge >= 0.3 is 5.97 Å². The molecule has 0 aromatic heterocycles. The molecule has 4 nitrogen and oxygen atoms in total. The number of esters is 1. The summed E-state index contributed by atoms with van der Waals surface area (Å²) >= 11 is 0. The number of carbonyl (C=O) groups is 2. The lowest BCUT2D eigenvalue weighted by Crippen LogP contribution is -2.47. The van der Waals surface area contributed by atoms with Crippen LogP contribution >= 0.6 is 0 Å². The zero-order chi connectivity index (χ0) is 12.3. The predicted octanol–water partition coefficient (Wildman–Crippen LogP) is 1.72. The van der Waals surface area contributed by atoms with Crippen molar-refractivity contribution in [3.05, 3.63) is 0 Å². The molecule has 0 unspecified atom stereocenters. The van der Waals surface area contributed by atoms with Gasteiger partial charge in [-0.1, -0.05) is 12.8 Å². The molecule has 0 spiro atoms. The summed E-state index contributed by atoms with van der Waals surface area (Å²) < 4.78 is 10.1. The van der Waals surface area contributed by atoms with Crippen molar-refractivity contribution in [3.63, 3.8) is 0 Å². The van der Waals surface area contributed by atoms with E-state index in [0.717, 1.165) is 25.7 Å². The first-order valence-corrected chi connectivity index (χ1v) is 6.41. The molecule has 2 rings (SSSR count). The van der Waals surface area contributed by atoms with Gasteiger partial charge in [-0.3, -0.25) is 9.59 Å². The summed E-state index contributed by atoms with van der Waals surface area (Å²) in [6, 6.07) is 0. The Balaban J connectivity index is 2.19. The summed E-state index contributed by atoms with van der Waals surface area (Å²) in [6.45, 7) is 0.959. The molecule has 1 saturated heterocycles. The molecule has 0 bridgehead atoms. The van der Waals surface area contributed by atoms with Crippen molar-refractivity contribution in [2.45, 2.75) is 38.5 Å². The van der Waals surface area contributed by atoms with Crippen molar-refractivity contribution in [2.24, 2.45) is 11.3 Å². The van der Waals surface area contributed by atoms with Crippen LogP contribution < -0.4 is 0 Å². The molecule has 0 aromatic carbocycles. The Labute approximate surface area is 102 Å². The van der Waals surface area contributed by atoms with Crippen molar-refractivity contribution in [2.75, 3.05) is 20.3 Å². The predicted molar refractivity (Wildman–Crippen MR) is 61.5 cm³/mol. The molecule has 0 aromatic rings. The van der Waals surface area contributed by atoms with E-state index in [-0.39, 0.29) is 17.7 Å². The van der Waals surface area contributed by atoms with E-state index < -0.39 is 5.41 Å². The minimum atomic E-state index is -0.915. The molecule has 96 valence electrons. The maximum atomic E-state index is 12.6.